The Labute approximate surface area is 124 Å². The Bertz CT molecular complexity index is 300. The number of carbonyl (C=O) groups is 1. The van der Waals surface area contributed by atoms with Crippen molar-refractivity contribution in [3.63, 3.8) is 0 Å². The smallest absolute Gasteiger partial charge is 0.225 e. The average molecular weight is 280 g/mol. The molecule has 3 nitrogen and oxygen atoms in total. The summed E-state index contributed by atoms with van der Waals surface area (Å²) in [5.41, 5.74) is 0. The molecule has 1 heterocycles. The first kappa shape index (κ1) is 15.8. The highest BCUT2D eigenvalue weighted by molar-refractivity contribution is 5.79. The molecule has 0 N–H and O–H groups in total. The molecule has 1 saturated carbocycles. The normalized spacial score (nSPS) is 28.9. The average Bonchev–Trinajstić information content (AvgIpc) is 2.47. The number of amides is 1. The summed E-state index contributed by atoms with van der Waals surface area (Å²) in [5, 5.41) is 0. The molecule has 1 aliphatic heterocycles. The molecular formula is C17H32N2O. The van der Waals surface area contributed by atoms with E-state index in [4.69, 9.17) is 0 Å². The Kier molecular flexibility index (Phi) is 5.88. The van der Waals surface area contributed by atoms with Gasteiger partial charge >= 0.3 is 0 Å². The lowest BCUT2D eigenvalue weighted by Gasteiger charge is -2.38. The van der Waals surface area contributed by atoms with Crippen LogP contribution in [0.15, 0.2) is 0 Å². The van der Waals surface area contributed by atoms with Gasteiger partial charge < -0.3 is 4.90 Å². The summed E-state index contributed by atoms with van der Waals surface area (Å²) in [5.74, 6) is 2.38. The summed E-state index contributed by atoms with van der Waals surface area (Å²) in [6.07, 6.45) is 6.07. The van der Waals surface area contributed by atoms with Crippen LogP contribution >= 0.6 is 0 Å². The van der Waals surface area contributed by atoms with Gasteiger partial charge in [-0.2, -0.15) is 0 Å². The van der Waals surface area contributed by atoms with Gasteiger partial charge in [0, 0.05) is 38.6 Å². The molecule has 2 fully saturated rings. The second kappa shape index (κ2) is 7.44. The first-order valence-electron chi connectivity index (χ1n) is 8.61. The zero-order valence-electron chi connectivity index (χ0n) is 13.6. The van der Waals surface area contributed by atoms with E-state index in [0.29, 0.717) is 11.8 Å². The van der Waals surface area contributed by atoms with E-state index in [1.54, 1.807) is 0 Å². The summed E-state index contributed by atoms with van der Waals surface area (Å²) in [7, 11) is 0. The van der Waals surface area contributed by atoms with Crippen molar-refractivity contribution in [1.82, 2.24) is 9.80 Å². The van der Waals surface area contributed by atoms with Gasteiger partial charge in [0.25, 0.3) is 0 Å². The van der Waals surface area contributed by atoms with Gasteiger partial charge in [0.05, 0.1) is 0 Å². The SMILES string of the molecule is CCC1CCC(C(=O)N2CCN(CC(C)C)CC2)CC1. The van der Waals surface area contributed by atoms with Crippen LogP contribution < -0.4 is 0 Å². The van der Waals surface area contributed by atoms with Crippen molar-refractivity contribution in [2.75, 3.05) is 32.7 Å². The lowest BCUT2D eigenvalue weighted by atomic mass is 9.80. The molecule has 116 valence electrons. The number of hydrogen-bond acceptors (Lipinski definition) is 2. The van der Waals surface area contributed by atoms with Crippen molar-refractivity contribution in [3.8, 4) is 0 Å². The van der Waals surface area contributed by atoms with E-state index in [1.165, 1.54) is 25.8 Å². The quantitative estimate of drug-likeness (QED) is 0.790. The molecule has 0 atom stereocenters. The predicted molar refractivity (Wildman–Crippen MR) is 83.6 cm³/mol. The van der Waals surface area contributed by atoms with E-state index in [1.807, 2.05) is 0 Å². The van der Waals surface area contributed by atoms with Gasteiger partial charge in [-0.1, -0.05) is 27.2 Å². The molecule has 0 aromatic carbocycles. The van der Waals surface area contributed by atoms with Gasteiger partial charge in [-0.3, -0.25) is 9.69 Å². The van der Waals surface area contributed by atoms with Gasteiger partial charge in [0.1, 0.15) is 0 Å². The molecule has 1 saturated heterocycles. The fraction of sp³-hybridized carbons (Fsp3) is 0.941. The van der Waals surface area contributed by atoms with Crippen LogP contribution in [0, 0.1) is 17.8 Å². The van der Waals surface area contributed by atoms with Crippen LogP contribution in [0.5, 0.6) is 0 Å². The number of piperazine rings is 1. The zero-order chi connectivity index (χ0) is 14.5. The highest BCUT2D eigenvalue weighted by Gasteiger charge is 2.30. The summed E-state index contributed by atoms with van der Waals surface area (Å²) >= 11 is 0. The van der Waals surface area contributed by atoms with Crippen LogP contribution in [-0.2, 0) is 4.79 Å². The predicted octanol–water partition coefficient (Wildman–Crippen LogP) is 3.00. The Morgan fingerprint density at radius 3 is 2.15 bits per heavy atom. The van der Waals surface area contributed by atoms with Gasteiger partial charge in [-0.05, 0) is 37.5 Å². The van der Waals surface area contributed by atoms with Crippen molar-refractivity contribution in [1.29, 1.82) is 0 Å². The van der Waals surface area contributed by atoms with Gasteiger partial charge in [-0.25, -0.2) is 0 Å². The van der Waals surface area contributed by atoms with E-state index >= 15 is 0 Å². The Morgan fingerprint density at radius 2 is 1.65 bits per heavy atom. The Morgan fingerprint density at radius 1 is 1.05 bits per heavy atom. The van der Waals surface area contributed by atoms with E-state index in [-0.39, 0.29) is 0 Å². The standard InChI is InChI=1S/C17H32N2O/c1-4-15-5-7-16(8-6-15)17(20)19-11-9-18(10-12-19)13-14(2)3/h14-16H,4-13H2,1-3H3. The van der Waals surface area contributed by atoms with Crippen LogP contribution in [-0.4, -0.2) is 48.4 Å². The Balaban J connectivity index is 1.75. The molecule has 1 aliphatic carbocycles. The topological polar surface area (TPSA) is 23.6 Å². The molecule has 1 amide bonds. The van der Waals surface area contributed by atoms with Gasteiger partial charge in [0.15, 0.2) is 0 Å². The number of carbonyl (C=O) groups excluding carboxylic acids is 1. The minimum Gasteiger partial charge on any atom is -0.340 e. The molecule has 20 heavy (non-hydrogen) atoms. The molecule has 0 bridgehead atoms. The monoisotopic (exact) mass is 280 g/mol. The molecule has 0 aromatic rings. The molecule has 0 aromatic heterocycles. The van der Waals surface area contributed by atoms with Crippen LogP contribution in [0.1, 0.15) is 52.9 Å². The molecular weight excluding hydrogens is 248 g/mol. The van der Waals surface area contributed by atoms with Crippen LogP contribution in [0.3, 0.4) is 0 Å². The molecule has 0 spiro atoms. The van der Waals surface area contributed by atoms with Crippen molar-refractivity contribution in [3.05, 3.63) is 0 Å². The highest BCUT2D eigenvalue weighted by atomic mass is 16.2. The van der Waals surface area contributed by atoms with Crippen molar-refractivity contribution in [2.45, 2.75) is 52.9 Å². The van der Waals surface area contributed by atoms with Crippen LogP contribution in [0.4, 0.5) is 0 Å². The molecule has 2 aliphatic rings. The largest absolute Gasteiger partial charge is 0.340 e. The van der Waals surface area contributed by atoms with Crippen molar-refractivity contribution >= 4 is 5.91 Å². The summed E-state index contributed by atoms with van der Waals surface area (Å²) in [6, 6.07) is 0. The number of hydrogen-bond donors (Lipinski definition) is 0. The third-order valence-electron chi connectivity index (χ3n) is 5.08. The maximum Gasteiger partial charge on any atom is 0.225 e. The van der Waals surface area contributed by atoms with E-state index in [9.17, 15) is 4.79 Å². The van der Waals surface area contributed by atoms with E-state index < -0.39 is 0 Å². The fourth-order valence-electron chi connectivity index (χ4n) is 3.74. The first-order valence-corrected chi connectivity index (χ1v) is 8.61. The molecule has 0 unspecified atom stereocenters. The molecule has 2 rings (SSSR count). The maximum atomic E-state index is 12.6. The van der Waals surface area contributed by atoms with Gasteiger partial charge in [0.2, 0.25) is 5.91 Å². The van der Waals surface area contributed by atoms with E-state index in [2.05, 4.69) is 30.6 Å². The van der Waals surface area contributed by atoms with E-state index in [0.717, 1.165) is 50.9 Å². The second-order valence-electron chi connectivity index (χ2n) is 7.15. The van der Waals surface area contributed by atoms with Crippen molar-refractivity contribution in [2.24, 2.45) is 17.8 Å². The van der Waals surface area contributed by atoms with Crippen LogP contribution in [0.25, 0.3) is 0 Å². The minimum absolute atomic E-state index is 0.328. The maximum absolute atomic E-state index is 12.6. The fourth-order valence-corrected chi connectivity index (χ4v) is 3.74. The first-order chi connectivity index (χ1) is 9.60. The van der Waals surface area contributed by atoms with Gasteiger partial charge in [-0.15, -0.1) is 0 Å². The third-order valence-corrected chi connectivity index (χ3v) is 5.08. The second-order valence-corrected chi connectivity index (χ2v) is 7.15. The zero-order valence-corrected chi connectivity index (χ0v) is 13.6. The minimum atomic E-state index is 0.328. The lowest BCUT2D eigenvalue weighted by Crippen LogP contribution is -2.51. The summed E-state index contributed by atoms with van der Waals surface area (Å²) in [4.78, 5) is 17.2. The highest BCUT2D eigenvalue weighted by Crippen LogP contribution is 2.31. The summed E-state index contributed by atoms with van der Waals surface area (Å²) in [6.45, 7) is 12.0. The number of nitrogens with zero attached hydrogens (tertiary/aromatic N) is 2. The summed E-state index contributed by atoms with van der Waals surface area (Å²) < 4.78 is 0. The lowest BCUT2D eigenvalue weighted by molar-refractivity contribution is -0.138. The van der Waals surface area contributed by atoms with Crippen LogP contribution in [0.2, 0.25) is 0 Å². The third kappa shape index (κ3) is 4.21. The molecule has 0 radical (unpaired) electrons. The Hall–Kier alpha value is -0.570. The van der Waals surface area contributed by atoms with Crippen molar-refractivity contribution < 1.29 is 4.79 Å². The number of rotatable bonds is 4. The molecule has 3 heteroatoms.